The number of rotatable bonds is 7. The molecule has 1 fully saturated rings. The van der Waals surface area contributed by atoms with E-state index in [0.29, 0.717) is 18.0 Å². The first-order valence-electron chi connectivity index (χ1n) is 8.42. The highest BCUT2D eigenvalue weighted by molar-refractivity contribution is 7.89. The topological polar surface area (TPSA) is 84.5 Å². The molecule has 2 N–H and O–H groups in total. The molecule has 0 radical (unpaired) electrons. The van der Waals surface area contributed by atoms with Gasteiger partial charge in [0, 0.05) is 6.54 Å². The molecule has 0 aromatic heterocycles. The Morgan fingerprint density at radius 3 is 2.88 bits per heavy atom. The highest BCUT2D eigenvalue weighted by atomic mass is 32.2. The number of piperidine rings is 1. The second kappa shape index (κ2) is 8.60. The van der Waals surface area contributed by atoms with E-state index in [1.807, 2.05) is 0 Å². The van der Waals surface area contributed by atoms with Gasteiger partial charge < -0.3 is 10.1 Å². The van der Waals surface area contributed by atoms with E-state index in [2.05, 4.69) is 10.0 Å². The van der Waals surface area contributed by atoms with Crippen molar-refractivity contribution in [2.45, 2.75) is 38.0 Å². The van der Waals surface area contributed by atoms with Crippen molar-refractivity contribution in [3.63, 3.8) is 0 Å². The van der Waals surface area contributed by atoms with Crippen LogP contribution in [0.5, 0.6) is 0 Å². The van der Waals surface area contributed by atoms with Gasteiger partial charge in [0.25, 0.3) is 0 Å². The molecule has 0 amide bonds. The maximum atomic E-state index is 12.5. The highest BCUT2D eigenvalue weighted by Gasteiger charge is 2.20. The maximum Gasteiger partial charge on any atom is 0.338 e. The number of esters is 1. The lowest BCUT2D eigenvalue weighted by molar-refractivity contribution is 0.0526. The molecule has 0 saturated carbocycles. The molecule has 1 unspecified atom stereocenters. The number of aryl methyl sites for hydroxylation is 1. The zero-order valence-corrected chi connectivity index (χ0v) is 15.1. The SMILES string of the molecule is CCOC(=O)c1ccc(C)c(S(=O)(=O)NCCC2CCCNC2)c1. The first-order valence-corrected chi connectivity index (χ1v) is 9.90. The number of hydrogen-bond acceptors (Lipinski definition) is 5. The molecule has 0 aliphatic carbocycles. The summed E-state index contributed by atoms with van der Waals surface area (Å²) in [7, 11) is -3.64. The Morgan fingerprint density at radius 1 is 1.42 bits per heavy atom. The van der Waals surface area contributed by atoms with E-state index in [0.717, 1.165) is 32.4 Å². The Balaban J connectivity index is 2.04. The quantitative estimate of drug-likeness (QED) is 0.730. The van der Waals surface area contributed by atoms with E-state index in [4.69, 9.17) is 4.74 Å². The van der Waals surface area contributed by atoms with Crippen molar-refractivity contribution >= 4 is 16.0 Å². The van der Waals surface area contributed by atoms with Gasteiger partial charge in [-0.05, 0) is 69.8 Å². The van der Waals surface area contributed by atoms with Crippen molar-refractivity contribution in [1.82, 2.24) is 10.0 Å². The van der Waals surface area contributed by atoms with E-state index in [9.17, 15) is 13.2 Å². The van der Waals surface area contributed by atoms with Gasteiger partial charge in [-0.15, -0.1) is 0 Å². The molecule has 7 heteroatoms. The Morgan fingerprint density at radius 2 is 2.21 bits per heavy atom. The van der Waals surface area contributed by atoms with Gasteiger partial charge in [0.15, 0.2) is 0 Å². The van der Waals surface area contributed by atoms with E-state index >= 15 is 0 Å². The number of ether oxygens (including phenoxy) is 1. The van der Waals surface area contributed by atoms with Gasteiger partial charge in [-0.25, -0.2) is 17.9 Å². The van der Waals surface area contributed by atoms with Crippen molar-refractivity contribution in [1.29, 1.82) is 0 Å². The molecular formula is C17H26N2O4S. The summed E-state index contributed by atoms with van der Waals surface area (Å²) < 4.78 is 32.7. The van der Waals surface area contributed by atoms with E-state index in [-0.39, 0.29) is 17.1 Å². The van der Waals surface area contributed by atoms with Gasteiger partial charge in [-0.3, -0.25) is 0 Å². The van der Waals surface area contributed by atoms with Crippen LogP contribution in [-0.2, 0) is 14.8 Å². The van der Waals surface area contributed by atoms with Crippen molar-refractivity contribution in [2.75, 3.05) is 26.2 Å². The van der Waals surface area contributed by atoms with Crippen LogP contribution in [0.1, 0.15) is 42.1 Å². The predicted molar refractivity (Wildman–Crippen MR) is 92.5 cm³/mol. The van der Waals surface area contributed by atoms with Crippen LogP contribution in [-0.4, -0.2) is 40.6 Å². The third kappa shape index (κ3) is 5.03. The van der Waals surface area contributed by atoms with E-state index < -0.39 is 16.0 Å². The van der Waals surface area contributed by atoms with Gasteiger partial charge in [0.2, 0.25) is 10.0 Å². The lowest BCUT2D eigenvalue weighted by atomic mass is 9.96. The third-order valence-corrected chi connectivity index (χ3v) is 5.84. The minimum Gasteiger partial charge on any atom is -0.462 e. The average molecular weight is 354 g/mol. The number of sulfonamides is 1. The Hall–Kier alpha value is -1.44. The summed E-state index contributed by atoms with van der Waals surface area (Å²) in [5.74, 6) is -0.00403. The normalized spacial score (nSPS) is 18.3. The molecular weight excluding hydrogens is 328 g/mol. The van der Waals surface area contributed by atoms with Crippen LogP contribution in [0.4, 0.5) is 0 Å². The summed E-state index contributed by atoms with van der Waals surface area (Å²) in [5, 5.41) is 3.33. The van der Waals surface area contributed by atoms with Crippen LogP contribution in [0.3, 0.4) is 0 Å². The average Bonchev–Trinajstić information content (AvgIpc) is 2.56. The molecule has 1 aliphatic rings. The molecule has 0 spiro atoms. The first-order chi connectivity index (χ1) is 11.4. The highest BCUT2D eigenvalue weighted by Crippen LogP contribution is 2.19. The van der Waals surface area contributed by atoms with Crippen molar-refractivity contribution < 1.29 is 17.9 Å². The van der Waals surface area contributed by atoms with Crippen molar-refractivity contribution in [2.24, 2.45) is 5.92 Å². The Bertz CT molecular complexity index is 667. The molecule has 134 valence electrons. The second-order valence-electron chi connectivity index (χ2n) is 6.10. The van der Waals surface area contributed by atoms with E-state index in [1.54, 1.807) is 26.0 Å². The molecule has 1 heterocycles. The molecule has 1 saturated heterocycles. The van der Waals surface area contributed by atoms with Gasteiger partial charge in [0.05, 0.1) is 17.1 Å². The van der Waals surface area contributed by atoms with Crippen molar-refractivity contribution in [3.8, 4) is 0 Å². The first kappa shape index (κ1) is 18.9. The van der Waals surface area contributed by atoms with Crippen LogP contribution in [0.25, 0.3) is 0 Å². The molecule has 1 aliphatic heterocycles. The summed E-state index contributed by atoms with van der Waals surface area (Å²) in [5.41, 5.74) is 0.856. The fraction of sp³-hybridized carbons (Fsp3) is 0.588. The molecule has 24 heavy (non-hydrogen) atoms. The Labute approximate surface area is 144 Å². The molecule has 1 aromatic rings. The minimum atomic E-state index is -3.64. The largest absolute Gasteiger partial charge is 0.462 e. The smallest absolute Gasteiger partial charge is 0.338 e. The zero-order chi connectivity index (χ0) is 17.6. The van der Waals surface area contributed by atoms with Crippen LogP contribution in [0.2, 0.25) is 0 Å². The number of nitrogens with one attached hydrogen (secondary N) is 2. The molecule has 1 atom stereocenters. The third-order valence-electron chi connectivity index (χ3n) is 4.23. The summed E-state index contributed by atoms with van der Waals surface area (Å²) in [4.78, 5) is 11.9. The maximum absolute atomic E-state index is 12.5. The molecule has 0 bridgehead atoms. The number of benzene rings is 1. The van der Waals surface area contributed by atoms with Crippen LogP contribution in [0, 0.1) is 12.8 Å². The standard InChI is InChI=1S/C17H26N2O4S/c1-3-23-17(20)15-7-6-13(2)16(11-15)24(21,22)19-10-8-14-5-4-9-18-12-14/h6-7,11,14,18-19H,3-5,8-10,12H2,1-2H3. The fourth-order valence-electron chi connectivity index (χ4n) is 2.88. The lowest BCUT2D eigenvalue weighted by Crippen LogP contribution is -2.33. The number of hydrogen-bond donors (Lipinski definition) is 2. The van der Waals surface area contributed by atoms with E-state index in [1.165, 1.54) is 6.07 Å². The predicted octanol–water partition coefficient (Wildman–Crippen LogP) is 1.84. The number of carbonyl (C=O) groups excluding carboxylic acids is 1. The van der Waals surface area contributed by atoms with Gasteiger partial charge >= 0.3 is 5.97 Å². The van der Waals surface area contributed by atoms with Gasteiger partial charge in [0.1, 0.15) is 0 Å². The zero-order valence-electron chi connectivity index (χ0n) is 14.3. The van der Waals surface area contributed by atoms with Crippen LogP contribution < -0.4 is 10.0 Å². The Kier molecular flexibility index (Phi) is 6.77. The second-order valence-corrected chi connectivity index (χ2v) is 7.83. The molecule has 6 nitrogen and oxygen atoms in total. The summed E-state index contributed by atoms with van der Waals surface area (Å²) in [6.45, 7) is 6.07. The number of carbonyl (C=O) groups is 1. The van der Waals surface area contributed by atoms with Gasteiger partial charge in [-0.1, -0.05) is 6.07 Å². The molecule has 2 rings (SSSR count). The lowest BCUT2D eigenvalue weighted by Gasteiger charge is -2.22. The van der Waals surface area contributed by atoms with Crippen LogP contribution >= 0.6 is 0 Å². The summed E-state index contributed by atoms with van der Waals surface area (Å²) >= 11 is 0. The monoisotopic (exact) mass is 354 g/mol. The van der Waals surface area contributed by atoms with Gasteiger partial charge in [-0.2, -0.15) is 0 Å². The molecule has 1 aromatic carbocycles. The van der Waals surface area contributed by atoms with Crippen molar-refractivity contribution in [3.05, 3.63) is 29.3 Å². The summed E-state index contributed by atoms with van der Waals surface area (Å²) in [6, 6.07) is 4.60. The summed E-state index contributed by atoms with van der Waals surface area (Å²) in [6.07, 6.45) is 3.08. The van der Waals surface area contributed by atoms with Crippen LogP contribution in [0.15, 0.2) is 23.1 Å². The fourth-order valence-corrected chi connectivity index (χ4v) is 4.19. The minimum absolute atomic E-state index is 0.134.